The lowest BCUT2D eigenvalue weighted by atomic mass is 9.94. The predicted molar refractivity (Wildman–Crippen MR) is 245 cm³/mol. The van der Waals surface area contributed by atoms with Crippen LogP contribution in [-0.2, 0) is 0 Å². The lowest BCUT2D eigenvalue weighted by Crippen LogP contribution is -1.94. The summed E-state index contributed by atoms with van der Waals surface area (Å²) < 4.78 is 0. The molecule has 0 unspecified atom stereocenters. The van der Waals surface area contributed by atoms with Crippen LogP contribution in [0.1, 0.15) is 201 Å². The summed E-state index contributed by atoms with van der Waals surface area (Å²) in [6, 6.07) is 26.3. The Labute approximate surface area is 328 Å². The van der Waals surface area contributed by atoms with Crippen LogP contribution in [0.15, 0.2) is 72.8 Å². The number of rotatable bonds is 4. The largest absolute Gasteiger partial charge is 0.0683 e. The zero-order valence-electron chi connectivity index (χ0n) is 39.2. The van der Waals surface area contributed by atoms with Crippen molar-refractivity contribution in [3.8, 4) is 0 Å². The van der Waals surface area contributed by atoms with E-state index in [2.05, 4.69) is 184 Å². The van der Waals surface area contributed by atoms with E-state index >= 15 is 0 Å². The van der Waals surface area contributed by atoms with Crippen molar-refractivity contribution in [2.45, 2.75) is 190 Å². The van der Waals surface area contributed by atoms with E-state index in [9.17, 15) is 0 Å². The fraction of sp³-hybridized carbons (Fsp3) is 0.538. The normalized spacial score (nSPS) is 9.46. The maximum absolute atomic E-state index is 2.28. The van der Waals surface area contributed by atoms with Gasteiger partial charge in [-0.2, -0.15) is 0 Å². The highest BCUT2D eigenvalue weighted by Crippen LogP contribution is 2.23. The molecule has 0 radical (unpaired) electrons. The SMILES string of the molecule is CC.CC.CC.CC.Cc1ccc(C(C)C)c(C)c1.Cc1ccc(C)c(C(C)C)c1.Cc1cccc(C(C)C)c1C.Cc1cccc(C)c1C(C)C. The van der Waals surface area contributed by atoms with Crippen molar-refractivity contribution in [1.29, 1.82) is 0 Å². The van der Waals surface area contributed by atoms with Gasteiger partial charge in [0.05, 0.1) is 0 Å². The summed E-state index contributed by atoms with van der Waals surface area (Å²) in [4.78, 5) is 0. The van der Waals surface area contributed by atoms with E-state index in [0.717, 1.165) is 0 Å². The molecular weight excluding hydrogens is 625 g/mol. The van der Waals surface area contributed by atoms with Gasteiger partial charge in [0.2, 0.25) is 0 Å². The van der Waals surface area contributed by atoms with Crippen molar-refractivity contribution in [1.82, 2.24) is 0 Å². The van der Waals surface area contributed by atoms with Crippen LogP contribution in [-0.4, -0.2) is 0 Å². The van der Waals surface area contributed by atoms with Crippen LogP contribution < -0.4 is 0 Å². The first-order chi connectivity index (χ1) is 24.5. The Morgan fingerprint density at radius 1 is 0.308 bits per heavy atom. The van der Waals surface area contributed by atoms with Gasteiger partial charge in [0.15, 0.2) is 0 Å². The lowest BCUT2D eigenvalue weighted by Gasteiger charge is -2.12. The third-order valence-corrected chi connectivity index (χ3v) is 8.49. The first-order valence-corrected chi connectivity index (χ1v) is 20.7. The van der Waals surface area contributed by atoms with Crippen LogP contribution in [0.4, 0.5) is 0 Å². The number of aryl methyl sites for hydroxylation is 7. The second-order valence-electron chi connectivity index (χ2n) is 13.9. The molecule has 0 heterocycles. The van der Waals surface area contributed by atoms with Gasteiger partial charge in [-0.15, -0.1) is 0 Å². The van der Waals surface area contributed by atoms with Gasteiger partial charge in [0.25, 0.3) is 0 Å². The molecule has 0 amide bonds. The maximum atomic E-state index is 2.28. The maximum Gasteiger partial charge on any atom is -0.0214 e. The first kappa shape index (κ1) is 55.6. The molecular formula is C52H88. The highest BCUT2D eigenvalue weighted by Gasteiger charge is 2.06. The van der Waals surface area contributed by atoms with E-state index in [1.54, 1.807) is 0 Å². The Morgan fingerprint density at radius 3 is 1.04 bits per heavy atom. The third-order valence-electron chi connectivity index (χ3n) is 8.49. The topological polar surface area (TPSA) is 0 Å². The highest BCUT2D eigenvalue weighted by molar-refractivity contribution is 5.36. The van der Waals surface area contributed by atoms with Gasteiger partial charge in [0.1, 0.15) is 0 Å². The summed E-state index contributed by atoms with van der Waals surface area (Å²) in [7, 11) is 0. The highest BCUT2D eigenvalue weighted by atomic mass is 14.1. The van der Waals surface area contributed by atoms with Crippen molar-refractivity contribution >= 4 is 0 Å². The van der Waals surface area contributed by atoms with Crippen molar-refractivity contribution < 1.29 is 0 Å². The number of hydrogen-bond donors (Lipinski definition) is 0. The van der Waals surface area contributed by atoms with E-state index in [1.165, 1.54) is 66.8 Å². The zero-order chi connectivity index (χ0) is 41.7. The number of hydrogen-bond acceptors (Lipinski definition) is 0. The average Bonchev–Trinajstić information content (AvgIpc) is 3.11. The summed E-state index contributed by atoms with van der Waals surface area (Å²) in [6.45, 7) is 51.3. The molecule has 0 bridgehead atoms. The second-order valence-corrected chi connectivity index (χ2v) is 13.9. The van der Waals surface area contributed by atoms with Crippen LogP contribution >= 0.6 is 0 Å². The van der Waals surface area contributed by atoms with Crippen LogP contribution in [0, 0.1) is 55.4 Å². The summed E-state index contributed by atoms with van der Waals surface area (Å²) in [5.74, 6) is 2.59. The smallest absolute Gasteiger partial charge is 0.0214 e. The molecule has 0 N–H and O–H groups in total. The molecule has 0 aromatic heterocycles. The van der Waals surface area contributed by atoms with Crippen LogP contribution in [0.3, 0.4) is 0 Å². The second kappa shape index (κ2) is 32.5. The van der Waals surface area contributed by atoms with Crippen LogP contribution in [0.5, 0.6) is 0 Å². The van der Waals surface area contributed by atoms with Gasteiger partial charge in [-0.3, -0.25) is 0 Å². The minimum Gasteiger partial charge on any atom is -0.0683 e. The molecule has 0 atom stereocenters. The van der Waals surface area contributed by atoms with Gasteiger partial charge in [-0.05, 0) is 135 Å². The van der Waals surface area contributed by atoms with Gasteiger partial charge in [0, 0.05) is 0 Å². The molecule has 0 saturated heterocycles. The molecule has 0 heteroatoms. The first-order valence-electron chi connectivity index (χ1n) is 20.7. The van der Waals surface area contributed by atoms with Crippen molar-refractivity contribution in [3.05, 3.63) is 140 Å². The molecule has 0 aliphatic carbocycles. The van der Waals surface area contributed by atoms with Gasteiger partial charge >= 0.3 is 0 Å². The summed E-state index contributed by atoms with van der Waals surface area (Å²) in [5, 5.41) is 0. The fourth-order valence-electron chi connectivity index (χ4n) is 5.99. The van der Waals surface area contributed by atoms with Gasteiger partial charge < -0.3 is 0 Å². The Kier molecular flexibility index (Phi) is 34.8. The lowest BCUT2D eigenvalue weighted by molar-refractivity contribution is 0.846. The third kappa shape index (κ3) is 22.1. The Hall–Kier alpha value is -3.12. The molecule has 4 rings (SSSR count). The zero-order valence-corrected chi connectivity index (χ0v) is 39.2. The minimum absolute atomic E-state index is 0.648. The Bertz CT molecular complexity index is 1400. The monoisotopic (exact) mass is 713 g/mol. The van der Waals surface area contributed by atoms with E-state index in [1.807, 2.05) is 55.4 Å². The van der Waals surface area contributed by atoms with Gasteiger partial charge in [-0.25, -0.2) is 0 Å². The number of benzene rings is 4. The molecule has 4 aromatic carbocycles. The molecule has 0 nitrogen and oxygen atoms in total. The van der Waals surface area contributed by atoms with E-state index in [4.69, 9.17) is 0 Å². The van der Waals surface area contributed by atoms with Crippen molar-refractivity contribution in [3.63, 3.8) is 0 Å². The molecule has 0 aliphatic heterocycles. The van der Waals surface area contributed by atoms with Crippen LogP contribution in [0.25, 0.3) is 0 Å². The summed E-state index contributed by atoms with van der Waals surface area (Å²) in [5.41, 5.74) is 17.1. The molecule has 52 heavy (non-hydrogen) atoms. The molecule has 296 valence electrons. The van der Waals surface area contributed by atoms with Crippen molar-refractivity contribution in [2.75, 3.05) is 0 Å². The molecule has 4 aromatic rings. The quantitative estimate of drug-likeness (QED) is 0.198. The Morgan fingerprint density at radius 2 is 0.692 bits per heavy atom. The van der Waals surface area contributed by atoms with E-state index < -0.39 is 0 Å². The van der Waals surface area contributed by atoms with E-state index in [0.29, 0.717) is 23.7 Å². The van der Waals surface area contributed by atoms with Crippen molar-refractivity contribution in [2.24, 2.45) is 0 Å². The molecule has 0 fully saturated rings. The van der Waals surface area contributed by atoms with Gasteiger partial charge in [-0.1, -0.05) is 195 Å². The fourth-order valence-corrected chi connectivity index (χ4v) is 5.99. The standard InChI is InChI=1S/4C11H16.4C2H6/c1-8(2)11-6-5-9(3)7-10(11)4;1-8(2)11-7-9(3)5-6-10(11)4;1-8(2)11-7-5-6-9(3)10(11)4;1-8(2)11-9(3)6-5-7-10(11)4;4*1-2/h4*5-8H,1-4H3;4*1-2H3. The average molecular weight is 713 g/mol. The minimum atomic E-state index is 0.648. The van der Waals surface area contributed by atoms with Crippen LogP contribution in [0.2, 0.25) is 0 Å². The molecule has 0 aliphatic rings. The predicted octanol–water partition coefficient (Wildman–Crippen LogP) is 17.8. The Balaban J connectivity index is -0.000000277. The summed E-state index contributed by atoms with van der Waals surface area (Å²) >= 11 is 0. The van der Waals surface area contributed by atoms with E-state index in [-0.39, 0.29) is 0 Å². The molecule has 0 spiro atoms. The molecule has 0 saturated carbocycles. The summed E-state index contributed by atoms with van der Waals surface area (Å²) in [6.07, 6.45) is 0.